The van der Waals surface area contributed by atoms with Gasteiger partial charge in [0.2, 0.25) is 5.75 Å². The van der Waals surface area contributed by atoms with Gasteiger partial charge in [-0.3, -0.25) is 14.9 Å². The molecule has 82 valence electrons. The molecule has 3 N–H and O–H groups in total. The Labute approximate surface area is 90.8 Å². The highest BCUT2D eigenvalue weighted by Gasteiger charge is 2.18. The topological polar surface area (TPSA) is 106 Å². The molecule has 0 atom stereocenters. The number of hydrogen-bond donors (Lipinski definition) is 2. The molecule has 0 amide bonds. The smallest absolute Gasteiger partial charge is 0.312 e. The second-order valence-electron chi connectivity index (χ2n) is 2.81. The van der Waals surface area contributed by atoms with Gasteiger partial charge >= 0.3 is 5.69 Å². The third kappa shape index (κ3) is 2.34. The molecule has 6 nitrogen and oxygen atoms in total. The molecule has 1 aromatic rings. The van der Waals surface area contributed by atoms with Crippen molar-refractivity contribution in [2.45, 2.75) is 0 Å². The Morgan fingerprint density at radius 1 is 1.56 bits per heavy atom. The molecule has 0 aliphatic heterocycles. The van der Waals surface area contributed by atoms with Crippen LogP contribution in [0.1, 0.15) is 15.9 Å². The molecule has 0 spiro atoms. The average Bonchev–Trinajstić information content (AvgIpc) is 2.27. The second kappa shape index (κ2) is 4.91. The molecule has 6 heteroatoms. The van der Waals surface area contributed by atoms with Crippen molar-refractivity contribution in [1.82, 2.24) is 0 Å². The molecule has 0 aromatic heterocycles. The van der Waals surface area contributed by atoms with Crippen molar-refractivity contribution in [2.75, 3.05) is 6.54 Å². The van der Waals surface area contributed by atoms with Crippen LogP contribution in [0, 0.1) is 22.0 Å². The van der Waals surface area contributed by atoms with Gasteiger partial charge in [-0.15, -0.1) is 0 Å². The number of nitro benzene ring substituents is 1. The number of nitro groups is 1. The molecular formula is C10H8N2O4. The van der Waals surface area contributed by atoms with E-state index in [9.17, 15) is 20.0 Å². The first-order chi connectivity index (χ1) is 7.60. The monoisotopic (exact) mass is 220 g/mol. The normalized spacial score (nSPS) is 9.06. The van der Waals surface area contributed by atoms with Crippen molar-refractivity contribution in [3.05, 3.63) is 33.4 Å². The lowest BCUT2D eigenvalue weighted by molar-refractivity contribution is -0.385. The number of rotatable bonds is 2. The summed E-state index contributed by atoms with van der Waals surface area (Å²) < 4.78 is 0. The van der Waals surface area contributed by atoms with Gasteiger partial charge in [0.05, 0.1) is 17.0 Å². The highest BCUT2D eigenvalue weighted by molar-refractivity contribution is 5.83. The van der Waals surface area contributed by atoms with E-state index in [1.54, 1.807) is 0 Å². The fraction of sp³-hybridized carbons (Fsp3) is 0.100. The van der Waals surface area contributed by atoms with Crippen LogP contribution in [0.25, 0.3) is 0 Å². The Bertz CT molecular complexity index is 500. The van der Waals surface area contributed by atoms with Crippen LogP contribution in [-0.4, -0.2) is 22.9 Å². The van der Waals surface area contributed by atoms with Crippen LogP contribution in [0.3, 0.4) is 0 Å². The molecule has 0 unspecified atom stereocenters. The van der Waals surface area contributed by atoms with Gasteiger partial charge in [-0.25, -0.2) is 0 Å². The van der Waals surface area contributed by atoms with Crippen LogP contribution < -0.4 is 5.73 Å². The summed E-state index contributed by atoms with van der Waals surface area (Å²) in [5.41, 5.74) is 4.69. The molecule has 0 heterocycles. The third-order valence-corrected chi connectivity index (χ3v) is 1.78. The van der Waals surface area contributed by atoms with Gasteiger partial charge < -0.3 is 10.8 Å². The largest absolute Gasteiger partial charge is 0.502 e. The Kier molecular flexibility index (Phi) is 3.58. The summed E-state index contributed by atoms with van der Waals surface area (Å²) in [7, 11) is 0. The van der Waals surface area contributed by atoms with Gasteiger partial charge in [-0.05, 0) is 6.07 Å². The molecular weight excluding hydrogens is 212 g/mol. The molecule has 0 fully saturated rings. The number of nitrogens with two attached hydrogens (primary N) is 1. The lowest BCUT2D eigenvalue weighted by Crippen LogP contribution is -1.95. The van der Waals surface area contributed by atoms with Crippen LogP contribution in [0.15, 0.2) is 12.1 Å². The molecule has 0 aliphatic carbocycles. The first-order valence-electron chi connectivity index (χ1n) is 4.25. The number of phenols is 1. The van der Waals surface area contributed by atoms with Gasteiger partial charge in [0, 0.05) is 11.6 Å². The maximum absolute atomic E-state index is 10.6. The predicted octanol–water partition coefficient (Wildman–Crippen LogP) is 0.423. The van der Waals surface area contributed by atoms with Crippen molar-refractivity contribution in [3.8, 4) is 17.6 Å². The van der Waals surface area contributed by atoms with E-state index in [2.05, 4.69) is 11.8 Å². The van der Waals surface area contributed by atoms with E-state index in [4.69, 9.17) is 5.73 Å². The molecule has 0 saturated heterocycles. The Balaban J connectivity index is 3.39. The van der Waals surface area contributed by atoms with E-state index in [0.717, 1.165) is 6.07 Å². The van der Waals surface area contributed by atoms with Crippen LogP contribution in [0.5, 0.6) is 5.75 Å². The number of hydrogen-bond acceptors (Lipinski definition) is 5. The maximum atomic E-state index is 10.6. The first-order valence-corrected chi connectivity index (χ1v) is 4.25. The number of nitrogens with zero attached hydrogens (tertiary/aromatic N) is 1. The minimum absolute atomic E-state index is 0.102. The lowest BCUT2D eigenvalue weighted by Gasteiger charge is -1.99. The molecule has 0 bridgehead atoms. The van der Waals surface area contributed by atoms with Gasteiger partial charge in [-0.2, -0.15) is 0 Å². The fourth-order valence-electron chi connectivity index (χ4n) is 1.10. The van der Waals surface area contributed by atoms with Crippen LogP contribution in [0.4, 0.5) is 5.69 Å². The molecule has 0 saturated carbocycles. The van der Waals surface area contributed by atoms with E-state index >= 15 is 0 Å². The number of aromatic hydroxyl groups is 1. The molecule has 0 radical (unpaired) electrons. The van der Waals surface area contributed by atoms with Gasteiger partial charge in [0.15, 0.2) is 6.29 Å². The van der Waals surface area contributed by atoms with Crippen molar-refractivity contribution < 1.29 is 14.8 Å². The zero-order chi connectivity index (χ0) is 12.1. The Morgan fingerprint density at radius 2 is 2.25 bits per heavy atom. The van der Waals surface area contributed by atoms with Crippen LogP contribution in [0.2, 0.25) is 0 Å². The third-order valence-electron chi connectivity index (χ3n) is 1.78. The highest BCUT2D eigenvalue weighted by atomic mass is 16.6. The van der Waals surface area contributed by atoms with E-state index in [0.29, 0.717) is 6.29 Å². The summed E-state index contributed by atoms with van der Waals surface area (Å²) in [4.78, 5) is 20.4. The number of benzene rings is 1. The zero-order valence-electron chi connectivity index (χ0n) is 8.14. The fourth-order valence-corrected chi connectivity index (χ4v) is 1.10. The van der Waals surface area contributed by atoms with E-state index < -0.39 is 16.4 Å². The number of carbonyl (C=O) groups excluding carboxylic acids is 1. The molecule has 1 rings (SSSR count). The summed E-state index contributed by atoms with van der Waals surface area (Å²) in [6.07, 6.45) is 0.329. The van der Waals surface area contributed by atoms with Crippen molar-refractivity contribution in [2.24, 2.45) is 5.73 Å². The SMILES string of the molecule is NCC#Cc1cc(C=O)c(O)c([N+](=O)[O-])c1. The van der Waals surface area contributed by atoms with E-state index in [1.807, 2.05) is 0 Å². The molecule has 16 heavy (non-hydrogen) atoms. The Morgan fingerprint density at radius 3 is 2.75 bits per heavy atom. The quantitative estimate of drug-likeness (QED) is 0.325. The van der Waals surface area contributed by atoms with Crippen molar-refractivity contribution in [3.63, 3.8) is 0 Å². The lowest BCUT2D eigenvalue weighted by atomic mass is 10.1. The zero-order valence-corrected chi connectivity index (χ0v) is 8.14. The summed E-state index contributed by atoms with van der Waals surface area (Å²) in [5, 5.41) is 19.9. The standard InChI is InChI=1S/C10H8N2O4/c11-3-1-2-7-4-8(6-13)10(14)9(5-7)12(15)16/h4-6,14H,3,11H2. The van der Waals surface area contributed by atoms with Crippen LogP contribution >= 0.6 is 0 Å². The first kappa shape index (κ1) is 11.7. The van der Waals surface area contributed by atoms with Crippen LogP contribution in [-0.2, 0) is 0 Å². The van der Waals surface area contributed by atoms with Crippen molar-refractivity contribution >= 4 is 12.0 Å². The van der Waals surface area contributed by atoms with E-state index in [-0.39, 0.29) is 17.7 Å². The Hall–Kier alpha value is -2.39. The minimum atomic E-state index is -0.782. The maximum Gasteiger partial charge on any atom is 0.312 e. The summed E-state index contributed by atoms with van der Waals surface area (Å²) in [6, 6.07) is 2.35. The number of aldehydes is 1. The second-order valence-corrected chi connectivity index (χ2v) is 2.81. The van der Waals surface area contributed by atoms with Crippen molar-refractivity contribution in [1.29, 1.82) is 0 Å². The van der Waals surface area contributed by atoms with Gasteiger partial charge in [0.25, 0.3) is 0 Å². The molecule has 0 aliphatic rings. The highest BCUT2D eigenvalue weighted by Crippen LogP contribution is 2.29. The summed E-state index contributed by atoms with van der Waals surface area (Å²) in [5.74, 6) is 4.40. The average molecular weight is 220 g/mol. The van der Waals surface area contributed by atoms with E-state index in [1.165, 1.54) is 6.07 Å². The summed E-state index contributed by atoms with van der Waals surface area (Å²) in [6.45, 7) is 0.102. The van der Waals surface area contributed by atoms with Gasteiger partial charge in [0.1, 0.15) is 0 Å². The summed E-state index contributed by atoms with van der Waals surface area (Å²) >= 11 is 0. The number of carbonyl (C=O) groups is 1. The minimum Gasteiger partial charge on any atom is -0.502 e. The predicted molar refractivity (Wildman–Crippen MR) is 56.1 cm³/mol. The molecule has 1 aromatic carbocycles. The number of phenolic OH excluding ortho intramolecular Hbond substituents is 1. The van der Waals surface area contributed by atoms with Gasteiger partial charge in [-0.1, -0.05) is 11.8 Å².